The molecule has 0 aliphatic rings. The molecule has 0 unspecified atom stereocenters. The Kier molecular flexibility index (Phi) is 6.54. The highest BCUT2D eigenvalue weighted by atomic mass is 35.5. The van der Waals surface area contributed by atoms with E-state index in [-0.39, 0.29) is 18.6 Å². The number of carbonyl (C=O) groups is 1. The molecule has 0 fully saturated rings. The lowest BCUT2D eigenvalue weighted by molar-refractivity contribution is -0.123. The van der Waals surface area contributed by atoms with Crippen LogP contribution in [0.5, 0.6) is 5.75 Å². The zero-order valence-corrected chi connectivity index (χ0v) is 16.9. The van der Waals surface area contributed by atoms with Crippen LogP contribution in [-0.4, -0.2) is 12.5 Å². The Labute approximate surface area is 169 Å². The van der Waals surface area contributed by atoms with Crippen molar-refractivity contribution in [2.45, 2.75) is 26.3 Å². The normalized spacial score (nSPS) is 11.8. The van der Waals surface area contributed by atoms with Gasteiger partial charge in [0.1, 0.15) is 5.75 Å². The van der Waals surface area contributed by atoms with Crippen molar-refractivity contribution >= 4 is 28.8 Å². The third-order valence-corrected chi connectivity index (χ3v) is 5.71. The second kappa shape index (κ2) is 9.07. The molecule has 140 valence electrons. The maximum Gasteiger partial charge on any atom is 0.258 e. The van der Waals surface area contributed by atoms with Crippen LogP contribution >= 0.6 is 22.9 Å². The van der Waals surface area contributed by atoms with E-state index < -0.39 is 0 Å². The van der Waals surface area contributed by atoms with Crippen LogP contribution in [0, 0.1) is 6.92 Å². The lowest BCUT2D eigenvalue weighted by atomic mass is 10.0. The SMILES string of the molecule is CCc1ccc([C@@H](NC(=O)COc2ccc(Cl)c(C)c2)c2cccs2)cc1. The van der Waals surface area contributed by atoms with Gasteiger partial charge in [0, 0.05) is 9.90 Å². The lowest BCUT2D eigenvalue weighted by Crippen LogP contribution is -2.32. The molecule has 0 aliphatic heterocycles. The fourth-order valence-electron chi connectivity index (χ4n) is 2.78. The Hall–Kier alpha value is -2.30. The Morgan fingerprint density at radius 1 is 1.19 bits per heavy atom. The van der Waals surface area contributed by atoms with Crippen molar-refractivity contribution in [3.63, 3.8) is 0 Å². The first-order valence-electron chi connectivity index (χ1n) is 8.87. The van der Waals surface area contributed by atoms with E-state index in [0.717, 1.165) is 22.4 Å². The molecule has 0 spiro atoms. The van der Waals surface area contributed by atoms with Gasteiger partial charge in [0.15, 0.2) is 6.61 Å². The molecule has 1 aromatic heterocycles. The molecule has 1 atom stereocenters. The molecular formula is C22H22ClNO2S. The maximum atomic E-state index is 12.5. The lowest BCUT2D eigenvalue weighted by Gasteiger charge is -2.19. The molecule has 5 heteroatoms. The second-order valence-electron chi connectivity index (χ2n) is 6.31. The van der Waals surface area contributed by atoms with Crippen molar-refractivity contribution in [1.82, 2.24) is 5.32 Å². The molecule has 1 heterocycles. The van der Waals surface area contributed by atoms with Gasteiger partial charge in [0.05, 0.1) is 6.04 Å². The Morgan fingerprint density at radius 2 is 1.96 bits per heavy atom. The van der Waals surface area contributed by atoms with E-state index in [9.17, 15) is 4.79 Å². The molecule has 0 saturated carbocycles. The molecule has 3 rings (SSSR count). The number of nitrogens with one attached hydrogen (secondary N) is 1. The second-order valence-corrected chi connectivity index (χ2v) is 7.70. The minimum atomic E-state index is -0.182. The number of ether oxygens (including phenoxy) is 1. The first-order valence-corrected chi connectivity index (χ1v) is 10.1. The number of amides is 1. The van der Waals surface area contributed by atoms with Crippen molar-refractivity contribution in [2.75, 3.05) is 6.61 Å². The third kappa shape index (κ3) is 5.12. The van der Waals surface area contributed by atoms with Gasteiger partial charge in [0.2, 0.25) is 0 Å². The molecule has 2 aromatic carbocycles. The summed E-state index contributed by atoms with van der Waals surface area (Å²) in [7, 11) is 0. The fourth-order valence-corrected chi connectivity index (χ4v) is 3.70. The number of benzene rings is 2. The van der Waals surface area contributed by atoms with Crippen molar-refractivity contribution in [2.24, 2.45) is 0 Å². The van der Waals surface area contributed by atoms with Crippen molar-refractivity contribution in [1.29, 1.82) is 0 Å². The highest BCUT2D eigenvalue weighted by Gasteiger charge is 2.18. The monoisotopic (exact) mass is 399 g/mol. The maximum absolute atomic E-state index is 12.5. The summed E-state index contributed by atoms with van der Waals surface area (Å²) in [6, 6.07) is 17.6. The average molecular weight is 400 g/mol. The standard InChI is InChI=1S/C22H22ClNO2S/c1-3-16-6-8-17(9-7-16)22(20-5-4-12-27-20)24-21(25)14-26-18-10-11-19(23)15(2)13-18/h4-13,22H,3,14H2,1-2H3,(H,24,25)/t22-/m1/s1. The van der Waals surface area contributed by atoms with Crippen LogP contribution in [0.1, 0.15) is 34.5 Å². The summed E-state index contributed by atoms with van der Waals surface area (Å²) >= 11 is 7.65. The van der Waals surface area contributed by atoms with Crippen LogP contribution in [0.25, 0.3) is 0 Å². The fraction of sp³-hybridized carbons (Fsp3) is 0.227. The van der Waals surface area contributed by atoms with Crippen LogP contribution in [-0.2, 0) is 11.2 Å². The van der Waals surface area contributed by atoms with Gasteiger partial charge in [0.25, 0.3) is 5.91 Å². The van der Waals surface area contributed by atoms with E-state index in [2.05, 4.69) is 36.5 Å². The number of rotatable bonds is 7. The summed E-state index contributed by atoms with van der Waals surface area (Å²) < 4.78 is 5.63. The Morgan fingerprint density at radius 3 is 2.59 bits per heavy atom. The van der Waals surface area contributed by atoms with Crippen LogP contribution in [0.15, 0.2) is 60.0 Å². The van der Waals surface area contributed by atoms with Gasteiger partial charge < -0.3 is 10.1 Å². The highest BCUT2D eigenvalue weighted by Crippen LogP contribution is 2.26. The van der Waals surface area contributed by atoms with Gasteiger partial charge in [-0.2, -0.15) is 0 Å². The number of thiophene rings is 1. The van der Waals surface area contributed by atoms with Crippen LogP contribution < -0.4 is 10.1 Å². The van der Waals surface area contributed by atoms with Crippen LogP contribution in [0.4, 0.5) is 0 Å². The minimum absolute atomic E-state index is 0.0456. The summed E-state index contributed by atoms with van der Waals surface area (Å²) in [5.74, 6) is 0.465. The van der Waals surface area contributed by atoms with Gasteiger partial charge in [-0.15, -0.1) is 11.3 Å². The molecule has 1 amide bonds. The molecule has 3 aromatic rings. The summed E-state index contributed by atoms with van der Waals surface area (Å²) in [5, 5.41) is 5.79. The zero-order chi connectivity index (χ0) is 19.2. The van der Waals surface area contributed by atoms with E-state index in [1.54, 1.807) is 23.5 Å². The largest absolute Gasteiger partial charge is 0.484 e. The summed E-state index contributed by atoms with van der Waals surface area (Å²) in [4.78, 5) is 13.6. The molecule has 3 nitrogen and oxygen atoms in total. The molecule has 0 aliphatic carbocycles. The highest BCUT2D eigenvalue weighted by molar-refractivity contribution is 7.10. The van der Waals surface area contributed by atoms with Crippen molar-refractivity contribution < 1.29 is 9.53 Å². The average Bonchev–Trinajstić information content (AvgIpc) is 3.21. The topological polar surface area (TPSA) is 38.3 Å². The number of carbonyl (C=O) groups excluding carboxylic acids is 1. The molecule has 0 bridgehead atoms. The van der Waals surface area contributed by atoms with Gasteiger partial charge >= 0.3 is 0 Å². The van der Waals surface area contributed by atoms with Crippen LogP contribution in [0.2, 0.25) is 5.02 Å². The first kappa shape index (κ1) is 19.5. The van der Waals surface area contributed by atoms with E-state index in [1.807, 2.05) is 30.5 Å². The van der Waals surface area contributed by atoms with Crippen molar-refractivity contribution in [3.05, 3.63) is 86.6 Å². The summed E-state index contributed by atoms with van der Waals surface area (Å²) in [5.41, 5.74) is 3.25. The van der Waals surface area contributed by atoms with Crippen molar-refractivity contribution in [3.8, 4) is 5.75 Å². The van der Waals surface area contributed by atoms with E-state index in [4.69, 9.17) is 16.3 Å². The van der Waals surface area contributed by atoms with E-state index >= 15 is 0 Å². The van der Waals surface area contributed by atoms with Gasteiger partial charge in [-0.05, 0) is 59.7 Å². The van der Waals surface area contributed by atoms with Gasteiger partial charge in [-0.3, -0.25) is 4.79 Å². The number of halogens is 1. The first-order chi connectivity index (χ1) is 13.1. The number of aryl methyl sites for hydroxylation is 2. The quantitative estimate of drug-likeness (QED) is 0.565. The molecule has 27 heavy (non-hydrogen) atoms. The van der Waals surface area contributed by atoms with Crippen LogP contribution in [0.3, 0.4) is 0 Å². The van der Waals surface area contributed by atoms with Gasteiger partial charge in [-0.1, -0.05) is 48.9 Å². The smallest absolute Gasteiger partial charge is 0.258 e. The molecule has 1 N–H and O–H groups in total. The summed E-state index contributed by atoms with van der Waals surface area (Å²) in [6.07, 6.45) is 0.991. The number of hydrogen-bond acceptors (Lipinski definition) is 3. The van der Waals surface area contributed by atoms with Gasteiger partial charge in [-0.25, -0.2) is 0 Å². The summed E-state index contributed by atoms with van der Waals surface area (Å²) in [6.45, 7) is 3.99. The zero-order valence-electron chi connectivity index (χ0n) is 15.4. The molecular weight excluding hydrogens is 378 g/mol. The molecule has 0 radical (unpaired) electrons. The van der Waals surface area contributed by atoms with E-state index in [1.165, 1.54) is 5.56 Å². The minimum Gasteiger partial charge on any atom is -0.484 e. The number of hydrogen-bond donors (Lipinski definition) is 1. The molecule has 0 saturated heterocycles. The van der Waals surface area contributed by atoms with E-state index in [0.29, 0.717) is 10.8 Å². The Balaban J connectivity index is 1.69. The predicted molar refractivity (Wildman–Crippen MR) is 112 cm³/mol. The Bertz CT molecular complexity index is 891. The predicted octanol–water partition coefficient (Wildman–Crippen LogP) is 5.56. The third-order valence-electron chi connectivity index (χ3n) is 4.35.